The smallest absolute Gasteiger partial charge is 0.244 e. The summed E-state index contributed by atoms with van der Waals surface area (Å²) < 4.78 is 5.24. The van der Waals surface area contributed by atoms with E-state index in [1.54, 1.807) is 19.1 Å². The van der Waals surface area contributed by atoms with E-state index in [1.807, 2.05) is 13.0 Å². The molecule has 0 aromatic carbocycles. The van der Waals surface area contributed by atoms with Crippen molar-refractivity contribution < 1.29 is 14.3 Å². The van der Waals surface area contributed by atoms with Crippen LogP contribution in [0.3, 0.4) is 0 Å². The second-order valence-electron chi connectivity index (χ2n) is 3.38. The second kappa shape index (κ2) is 5.36. The minimum absolute atomic E-state index is 0.245. The van der Waals surface area contributed by atoms with Gasteiger partial charge in [-0.1, -0.05) is 0 Å². The molecule has 2 N–H and O–H groups in total. The summed E-state index contributed by atoms with van der Waals surface area (Å²) >= 11 is 0. The van der Waals surface area contributed by atoms with Gasteiger partial charge in [0.25, 0.3) is 0 Å². The molecule has 0 aliphatic rings. The van der Waals surface area contributed by atoms with Crippen molar-refractivity contribution in [3.63, 3.8) is 0 Å². The van der Waals surface area contributed by atoms with Gasteiger partial charge in [-0.15, -0.1) is 0 Å². The van der Waals surface area contributed by atoms with E-state index in [0.29, 0.717) is 5.76 Å². The van der Waals surface area contributed by atoms with Crippen LogP contribution < -0.4 is 5.32 Å². The third kappa shape index (κ3) is 4.46. The van der Waals surface area contributed by atoms with Crippen LogP contribution in [0.5, 0.6) is 0 Å². The van der Waals surface area contributed by atoms with Crippen LogP contribution in [0.15, 0.2) is 22.6 Å². The molecule has 0 saturated heterocycles. The van der Waals surface area contributed by atoms with Crippen molar-refractivity contribution in [1.29, 1.82) is 0 Å². The van der Waals surface area contributed by atoms with Crippen molar-refractivity contribution in [3.05, 3.63) is 29.7 Å². The third-order valence-corrected chi connectivity index (χ3v) is 1.73. The molecule has 1 aromatic heterocycles. The molecular weight excluding hydrogens is 194 g/mol. The lowest BCUT2D eigenvalue weighted by Crippen LogP contribution is -2.28. The van der Waals surface area contributed by atoms with E-state index in [2.05, 4.69) is 5.32 Å². The molecule has 1 rings (SSSR count). The molecule has 0 saturated carbocycles. The van der Waals surface area contributed by atoms with Crippen molar-refractivity contribution in [1.82, 2.24) is 5.32 Å². The summed E-state index contributed by atoms with van der Waals surface area (Å²) in [6.45, 7) is 3.70. The van der Waals surface area contributed by atoms with Gasteiger partial charge in [0.1, 0.15) is 11.5 Å². The molecule has 4 heteroatoms. The number of furan rings is 1. The van der Waals surface area contributed by atoms with E-state index in [1.165, 1.54) is 6.08 Å². The van der Waals surface area contributed by atoms with Crippen LogP contribution in [0.4, 0.5) is 0 Å². The zero-order valence-corrected chi connectivity index (χ0v) is 8.86. The van der Waals surface area contributed by atoms with E-state index in [0.717, 1.165) is 5.76 Å². The summed E-state index contributed by atoms with van der Waals surface area (Å²) in [5.74, 6) is 1.20. The molecule has 0 spiro atoms. The van der Waals surface area contributed by atoms with Gasteiger partial charge in [-0.3, -0.25) is 4.79 Å². The number of amides is 1. The fourth-order valence-corrected chi connectivity index (χ4v) is 1.01. The normalized spacial score (nSPS) is 13.0. The summed E-state index contributed by atoms with van der Waals surface area (Å²) in [5.41, 5.74) is 0. The molecule has 4 nitrogen and oxygen atoms in total. The van der Waals surface area contributed by atoms with Gasteiger partial charge in [0.05, 0.1) is 6.10 Å². The maximum atomic E-state index is 11.2. The molecule has 1 atom stereocenters. The number of carbonyl (C=O) groups excluding carboxylic acids is 1. The largest absolute Gasteiger partial charge is 0.462 e. The number of rotatable bonds is 4. The standard InChI is InChI=1S/C11H15NO3/c1-8(13)7-12-11(14)6-5-10-4-3-9(2)15-10/h3-6,8,13H,7H2,1-2H3,(H,12,14)/b6-5+/t8-/m1/s1. The maximum absolute atomic E-state index is 11.2. The quantitative estimate of drug-likeness (QED) is 0.730. The number of hydrogen-bond acceptors (Lipinski definition) is 3. The van der Waals surface area contributed by atoms with Crippen LogP contribution in [0.2, 0.25) is 0 Å². The predicted molar refractivity (Wildman–Crippen MR) is 57.2 cm³/mol. The van der Waals surface area contributed by atoms with E-state index < -0.39 is 6.10 Å². The van der Waals surface area contributed by atoms with Crippen LogP contribution in [0, 0.1) is 6.92 Å². The fraction of sp³-hybridized carbons (Fsp3) is 0.364. The van der Waals surface area contributed by atoms with Crippen LogP contribution >= 0.6 is 0 Å². The fourth-order valence-electron chi connectivity index (χ4n) is 1.01. The zero-order valence-electron chi connectivity index (χ0n) is 8.86. The summed E-state index contributed by atoms with van der Waals surface area (Å²) in [7, 11) is 0. The number of aliphatic hydroxyl groups is 1. The highest BCUT2D eigenvalue weighted by Gasteiger charge is 1.99. The Morgan fingerprint density at radius 3 is 2.93 bits per heavy atom. The summed E-state index contributed by atoms with van der Waals surface area (Å²) in [5, 5.41) is 11.5. The Hall–Kier alpha value is -1.55. The van der Waals surface area contributed by atoms with Crippen LogP contribution in [-0.2, 0) is 4.79 Å². The first-order valence-electron chi connectivity index (χ1n) is 4.78. The van der Waals surface area contributed by atoms with Crippen LogP contribution in [0.25, 0.3) is 6.08 Å². The average Bonchev–Trinajstić information content (AvgIpc) is 2.58. The lowest BCUT2D eigenvalue weighted by molar-refractivity contribution is -0.116. The first-order chi connectivity index (χ1) is 7.08. The molecule has 0 fully saturated rings. The molecule has 0 radical (unpaired) electrons. The van der Waals surface area contributed by atoms with Gasteiger partial charge in [0, 0.05) is 12.6 Å². The SMILES string of the molecule is Cc1ccc(/C=C/C(=O)NC[C@@H](C)O)o1. The van der Waals surface area contributed by atoms with E-state index in [9.17, 15) is 4.79 Å². The van der Waals surface area contributed by atoms with E-state index >= 15 is 0 Å². The van der Waals surface area contributed by atoms with E-state index in [-0.39, 0.29) is 12.5 Å². The van der Waals surface area contributed by atoms with Crippen molar-refractivity contribution in [3.8, 4) is 0 Å². The Balaban J connectivity index is 2.40. The highest BCUT2D eigenvalue weighted by Crippen LogP contribution is 2.07. The van der Waals surface area contributed by atoms with Crippen LogP contribution in [0.1, 0.15) is 18.4 Å². The van der Waals surface area contributed by atoms with Gasteiger partial charge in [-0.05, 0) is 32.1 Å². The first kappa shape index (κ1) is 11.5. The Bertz CT molecular complexity index is 352. The molecule has 1 heterocycles. The van der Waals surface area contributed by atoms with Gasteiger partial charge in [-0.2, -0.15) is 0 Å². The summed E-state index contributed by atoms with van der Waals surface area (Å²) in [6.07, 6.45) is 2.43. The summed E-state index contributed by atoms with van der Waals surface area (Å²) in [6, 6.07) is 3.61. The summed E-state index contributed by atoms with van der Waals surface area (Å²) in [4.78, 5) is 11.2. The van der Waals surface area contributed by atoms with Crippen molar-refractivity contribution in [2.45, 2.75) is 20.0 Å². The lowest BCUT2D eigenvalue weighted by Gasteiger charge is -2.03. The van der Waals surface area contributed by atoms with Gasteiger partial charge >= 0.3 is 0 Å². The number of aliphatic hydroxyl groups excluding tert-OH is 1. The number of carbonyl (C=O) groups is 1. The molecule has 1 aromatic rings. The van der Waals surface area contributed by atoms with Crippen molar-refractivity contribution in [2.75, 3.05) is 6.54 Å². The lowest BCUT2D eigenvalue weighted by atomic mass is 10.3. The monoisotopic (exact) mass is 209 g/mol. The molecule has 82 valence electrons. The molecule has 0 aliphatic carbocycles. The number of aryl methyl sites for hydroxylation is 1. The molecular formula is C11H15NO3. The Morgan fingerprint density at radius 1 is 1.67 bits per heavy atom. The topological polar surface area (TPSA) is 62.5 Å². The van der Waals surface area contributed by atoms with Gasteiger partial charge < -0.3 is 14.8 Å². The second-order valence-corrected chi connectivity index (χ2v) is 3.38. The molecule has 0 aliphatic heterocycles. The Labute approximate surface area is 88.6 Å². The minimum atomic E-state index is -0.534. The van der Waals surface area contributed by atoms with E-state index in [4.69, 9.17) is 9.52 Å². The maximum Gasteiger partial charge on any atom is 0.244 e. The molecule has 0 bridgehead atoms. The highest BCUT2D eigenvalue weighted by molar-refractivity contribution is 5.91. The predicted octanol–water partition coefficient (Wildman–Crippen LogP) is 1.10. The van der Waals surface area contributed by atoms with Gasteiger partial charge in [-0.25, -0.2) is 0 Å². The Kier molecular flexibility index (Phi) is 4.12. The average molecular weight is 209 g/mol. The highest BCUT2D eigenvalue weighted by atomic mass is 16.3. The number of hydrogen-bond donors (Lipinski definition) is 2. The third-order valence-electron chi connectivity index (χ3n) is 1.73. The van der Waals surface area contributed by atoms with Gasteiger partial charge in [0.15, 0.2) is 0 Å². The van der Waals surface area contributed by atoms with Crippen LogP contribution in [-0.4, -0.2) is 23.7 Å². The molecule has 1 amide bonds. The molecule has 15 heavy (non-hydrogen) atoms. The molecule has 0 unspecified atom stereocenters. The van der Waals surface area contributed by atoms with Crippen molar-refractivity contribution >= 4 is 12.0 Å². The Morgan fingerprint density at radius 2 is 2.40 bits per heavy atom. The van der Waals surface area contributed by atoms with Gasteiger partial charge in [0.2, 0.25) is 5.91 Å². The first-order valence-corrected chi connectivity index (χ1v) is 4.78. The zero-order chi connectivity index (χ0) is 11.3. The van der Waals surface area contributed by atoms with Crippen molar-refractivity contribution in [2.24, 2.45) is 0 Å². The minimum Gasteiger partial charge on any atom is -0.462 e. The number of nitrogens with one attached hydrogen (secondary N) is 1.